The molecule has 1 fully saturated rings. The third kappa shape index (κ3) is 4.35. The van der Waals surface area contributed by atoms with Gasteiger partial charge in [-0.05, 0) is 36.2 Å². The normalized spacial score (nSPS) is 14.9. The van der Waals surface area contributed by atoms with Crippen LogP contribution in [0, 0.1) is 0 Å². The summed E-state index contributed by atoms with van der Waals surface area (Å²) in [4.78, 5) is 16.8. The van der Waals surface area contributed by atoms with E-state index in [2.05, 4.69) is 15.9 Å². The molecule has 0 aliphatic carbocycles. The Bertz CT molecular complexity index is 786. The lowest BCUT2D eigenvalue weighted by molar-refractivity contribution is 0.260. The van der Waals surface area contributed by atoms with Crippen molar-refractivity contribution in [3.05, 3.63) is 64.3 Å². The Hall–Kier alpha value is -2.53. The second-order valence-corrected chi connectivity index (χ2v) is 6.43. The van der Waals surface area contributed by atoms with Gasteiger partial charge in [0.05, 0.1) is 19.9 Å². The van der Waals surface area contributed by atoms with E-state index in [0.29, 0.717) is 0 Å². The Labute approximate surface area is 154 Å². The summed E-state index contributed by atoms with van der Waals surface area (Å²) in [7, 11) is 3.31. The summed E-state index contributed by atoms with van der Waals surface area (Å²) in [6.07, 6.45) is 0.966. The van der Waals surface area contributed by atoms with Crippen molar-refractivity contribution in [2.75, 3.05) is 51.8 Å². The summed E-state index contributed by atoms with van der Waals surface area (Å²) in [5.74, 6) is 1.53. The highest BCUT2D eigenvalue weighted by atomic mass is 16.5. The molecule has 0 amide bonds. The molecule has 2 aromatic carbocycles. The molecule has 0 aromatic heterocycles. The summed E-state index contributed by atoms with van der Waals surface area (Å²) >= 11 is 0. The van der Waals surface area contributed by atoms with Crippen LogP contribution in [0.15, 0.2) is 53.3 Å². The van der Waals surface area contributed by atoms with Crippen molar-refractivity contribution in [1.29, 1.82) is 0 Å². The second-order valence-electron chi connectivity index (χ2n) is 6.43. The number of methoxy groups -OCH3 is 2. The number of benzene rings is 1. The van der Waals surface area contributed by atoms with Crippen molar-refractivity contribution in [3.8, 4) is 11.5 Å². The largest absolute Gasteiger partial charge is 0.493 e. The van der Waals surface area contributed by atoms with E-state index >= 15 is 0 Å². The van der Waals surface area contributed by atoms with Crippen molar-refractivity contribution in [1.82, 2.24) is 4.90 Å². The number of ether oxygens (including phenoxy) is 2. The number of anilines is 1. The van der Waals surface area contributed by atoms with Gasteiger partial charge >= 0.3 is 0 Å². The molecule has 5 nitrogen and oxygen atoms in total. The van der Waals surface area contributed by atoms with Crippen molar-refractivity contribution >= 4 is 5.69 Å². The van der Waals surface area contributed by atoms with Gasteiger partial charge in [0.2, 0.25) is 5.43 Å². The van der Waals surface area contributed by atoms with Crippen LogP contribution in [0.3, 0.4) is 0 Å². The number of rotatable bonds is 6. The van der Waals surface area contributed by atoms with Gasteiger partial charge in [0.1, 0.15) is 0 Å². The molecule has 5 heteroatoms. The first-order valence-electron chi connectivity index (χ1n) is 8.99. The fraction of sp³-hybridized carbons (Fsp3) is 0.381. The highest BCUT2D eigenvalue weighted by Gasteiger charge is 2.18. The smallest absolute Gasteiger partial charge is 0.201 e. The lowest BCUT2D eigenvalue weighted by Gasteiger charge is -2.35. The molecule has 1 aliphatic rings. The fourth-order valence-corrected chi connectivity index (χ4v) is 3.32. The van der Waals surface area contributed by atoms with Crippen molar-refractivity contribution in [2.45, 2.75) is 6.42 Å². The molecule has 0 radical (unpaired) electrons. The first-order valence-corrected chi connectivity index (χ1v) is 8.99. The average Bonchev–Trinajstić information content (AvgIpc) is 2.91. The highest BCUT2D eigenvalue weighted by Crippen LogP contribution is 2.27. The van der Waals surface area contributed by atoms with Crippen molar-refractivity contribution < 1.29 is 9.47 Å². The maximum absolute atomic E-state index is 12.1. The topological polar surface area (TPSA) is 42.0 Å². The quantitative estimate of drug-likeness (QED) is 0.797. The van der Waals surface area contributed by atoms with E-state index in [4.69, 9.17) is 9.47 Å². The van der Waals surface area contributed by atoms with Crippen LogP contribution in [-0.2, 0) is 6.42 Å². The van der Waals surface area contributed by atoms with Crippen LogP contribution in [0.4, 0.5) is 5.69 Å². The summed E-state index contributed by atoms with van der Waals surface area (Å²) < 4.78 is 10.7. The summed E-state index contributed by atoms with van der Waals surface area (Å²) in [5, 5.41) is 0. The number of hydrogen-bond donors (Lipinski definition) is 0. The van der Waals surface area contributed by atoms with Gasteiger partial charge in [-0.1, -0.05) is 24.3 Å². The van der Waals surface area contributed by atoms with E-state index in [1.165, 1.54) is 5.56 Å². The molecule has 26 heavy (non-hydrogen) atoms. The van der Waals surface area contributed by atoms with Crippen LogP contribution >= 0.6 is 0 Å². The molecule has 0 unspecified atom stereocenters. The Balaban J connectivity index is 1.55. The summed E-state index contributed by atoms with van der Waals surface area (Å²) in [6.45, 7) is 4.68. The molecule has 3 rings (SSSR count). The minimum absolute atomic E-state index is 0.0915. The Morgan fingerprint density at radius 3 is 2.35 bits per heavy atom. The third-order valence-electron chi connectivity index (χ3n) is 4.85. The second kappa shape index (κ2) is 8.72. The van der Waals surface area contributed by atoms with Gasteiger partial charge in [0.25, 0.3) is 0 Å². The molecule has 2 aromatic rings. The van der Waals surface area contributed by atoms with E-state index in [9.17, 15) is 4.79 Å². The molecule has 1 saturated heterocycles. The predicted molar refractivity (Wildman–Crippen MR) is 105 cm³/mol. The zero-order chi connectivity index (χ0) is 18.4. The molecule has 0 bridgehead atoms. The van der Waals surface area contributed by atoms with E-state index in [0.717, 1.165) is 56.3 Å². The molecule has 0 atom stereocenters. The van der Waals surface area contributed by atoms with Crippen LogP contribution in [-0.4, -0.2) is 51.8 Å². The van der Waals surface area contributed by atoms with Crippen LogP contribution in [0.25, 0.3) is 0 Å². The molecule has 138 valence electrons. The molecular formula is C21H26N2O3. The van der Waals surface area contributed by atoms with Crippen LogP contribution < -0.4 is 19.8 Å². The minimum Gasteiger partial charge on any atom is -0.493 e. The Morgan fingerprint density at radius 2 is 1.62 bits per heavy atom. The monoisotopic (exact) mass is 354 g/mol. The Kier molecular flexibility index (Phi) is 6.12. The molecule has 1 heterocycles. The maximum atomic E-state index is 12.1. The highest BCUT2D eigenvalue weighted by molar-refractivity contribution is 5.46. The number of piperazine rings is 1. The minimum atomic E-state index is 0.0915. The fourth-order valence-electron chi connectivity index (χ4n) is 3.32. The predicted octanol–water partition coefficient (Wildman–Crippen LogP) is 2.43. The van der Waals surface area contributed by atoms with Crippen molar-refractivity contribution in [2.24, 2.45) is 0 Å². The van der Waals surface area contributed by atoms with Gasteiger partial charge in [-0.3, -0.25) is 9.69 Å². The van der Waals surface area contributed by atoms with E-state index < -0.39 is 0 Å². The lowest BCUT2D eigenvalue weighted by Crippen LogP contribution is -2.48. The SMILES string of the molecule is COc1ccc(CCN2CCN(c3cccccc3=O)CC2)cc1OC. The standard InChI is InChI=1S/C21H26N2O3/c1-25-20-9-8-17(16-21(20)26-2)10-11-22-12-14-23(15-13-22)18-6-4-3-5-7-19(18)24/h3-9,16H,10-15H2,1-2H3. The average molecular weight is 354 g/mol. The van der Waals surface area contributed by atoms with Gasteiger partial charge in [-0.2, -0.15) is 0 Å². The van der Waals surface area contributed by atoms with Crippen LogP contribution in [0.1, 0.15) is 5.56 Å². The molecule has 0 spiro atoms. The van der Waals surface area contributed by atoms with Gasteiger partial charge in [0.15, 0.2) is 11.5 Å². The lowest BCUT2D eigenvalue weighted by atomic mass is 10.1. The van der Waals surface area contributed by atoms with Gasteiger partial charge in [-0.15, -0.1) is 0 Å². The molecule has 1 aliphatic heterocycles. The number of hydrogen-bond acceptors (Lipinski definition) is 5. The summed E-state index contributed by atoms with van der Waals surface area (Å²) in [5.41, 5.74) is 2.13. The first-order chi connectivity index (χ1) is 12.7. The van der Waals surface area contributed by atoms with E-state index in [1.54, 1.807) is 26.4 Å². The van der Waals surface area contributed by atoms with Crippen molar-refractivity contribution in [3.63, 3.8) is 0 Å². The Morgan fingerprint density at radius 1 is 0.885 bits per heavy atom. The van der Waals surface area contributed by atoms with Crippen LogP contribution in [0.5, 0.6) is 11.5 Å². The maximum Gasteiger partial charge on any atom is 0.201 e. The summed E-state index contributed by atoms with van der Waals surface area (Å²) in [6, 6.07) is 15.3. The third-order valence-corrected chi connectivity index (χ3v) is 4.85. The molecular weight excluding hydrogens is 328 g/mol. The van der Waals surface area contributed by atoms with Gasteiger partial charge < -0.3 is 14.4 Å². The van der Waals surface area contributed by atoms with Crippen LogP contribution in [0.2, 0.25) is 0 Å². The zero-order valence-corrected chi connectivity index (χ0v) is 15.5. The van der Waals surface area contributed by atoms with Gasteiger partial charge in [-0.25, -0.2) is 0 Å². The van der Waals surface area contributed by atoms with Gasteiger partial charge in [0, 0.05) is 32.7 Å². The first kappa shape index (κ1) is 18.3. The van der Waals surface area contributed by atoms with E-state index in [1.807, 2.05) is 30.3 Å². The zero-order valence-electron chi connectivity index (χ0n) is 15.5. The molecule has 0 N–H and O–H groups in total. The number of nitrogens with zero attached hydrogens (tertiary/aromatic N) is 2. The van der Waals surface area contributed by atoms with E-state index in [-0.39, 0.29) is 5.43 Å². The molecule has 0 saturated carbocycles.